The number of nitrogens with one attached hydrogen (secondary N) is 1. The zero-order valence-corrected chi connectivity index (χ0v) is 14.5. The molecule has 0 amide bonds. The molecule has 3 rings (SSSR count). The van der Waals surface area contributed by atoms with Crippen LogP contribution in [0.3, 0.4) is 0 Å². The Morgan fingerprint density at radius 2 is 2.25 bits per heavy atom. The van der Waals surface area contributed by atoms with Gasteiger partial charge in [0, 0.05) is 35.4 Å². The first kappa shape index (κ1) is 16.5. The van der Waals surface area contributed by atoms with Crippen molar-refractivity contribution >= 4 is 29.0 Å². The second-order valence-corrected chi connectivity index (χ2v) is 6.51. The van der Waals surface area contributed by atoms with Crippen molar-refractivity contribution in [2.75, 3.05) is 5.32 Å². The highest BCUT2D eigenvalue weighted by atomic mass is 32.1. The Hall–Kier alpha value is -2.33. The summed E-state index contributed by atoms with van der Waals surface area (Å²) in [7, 11) is 0. The van der Waals surface area contributed by atoms with E-state index < -0.39 is 0 Å². The molecule has 7 heteroatoms. The van der Waals surface area contributed by atoms with Gasteiger partial charge >= 0.3 is 0 Å². The van der Waals surface area contributed by atoms with Crippen LogP contribution in [0.15, 0.2) is 22.7 Å². The molecule has 0 aromatic carbocycles. The number of rotatable bonds is 5. The fourth-order valence-electron chi connectivity index (χ4n) is 2.96. The average molecular weight is 341 g/mol. The summed E-state index contributed by atoms with van der Waals surface area (Å²) in [5, 5.41) is 14.3. The standard InChI is InChI=1S/C17H19N5OS/c1-10(2)23-17-15-7-16(20-12-3-4-13(6-12)22-24)19-9-11(15)5-14(8-18)21-17/h5,7,9-10,12-13H,3-4,6H2,1-2H3,(H,19,20)/t12?,13-/m0/s1. The molecule has 1 aliphatic rings. The van der Waals surface area contributed by atoms with Crippen LogP contribution in [0.5, 0.6) is 5.88 Å². The van der Waals surface area contributed by atoms with E-state index in [1.54, 1.807) is 12.3 Å². The molecule has 1 N–H and O–H groups in total. The van der Waals surface area contributed by atoms with Crippen LogP contribution in [0.2, 0.25) is 0 Å². The van der Waals surface area contributed by atoms with E-state index in [0.29, 0.717) is 17.6 Å². The molecule has 24 heavy (non-hydrogen) atoms. The van der Waals surface area contributed by atoms with Gasteiger partial charge in [0.1, 0.15) is 17.6 Å². The minimum absolute atomic E-state index is 0.0246. The molecule has 1 unspecified atom stereocenters. The predicted octanol–water partition coefficient (Wildman–Crippen LogP) is 3.35. The van der Waals surface area contributed by atoms with Gasteiger partial charge in [0.15, 0.2) is 0 Å². The van der Waals surface area contributed by atoms with Gasteiger partial charge in [-0.1, -0.05) is 0 Å². The Morgan fingerprint density at radius 3 is 2.92 bits per heavy atom. The third kappa shape index (κ3) is 3.60. The monoisotopic (exact) mass is 341 g/mol. The van der Waals surface area contributed by atoms with Gasteiger partial charge in [-0.05, 0) is 45.2 Å². The van der Waals surface area contributed by atoms with Crippen LogP contribution in [-0.4, -0.2) is 28.2 Å². The SMILES string of the molecule is CC(C)Oc1nc(C#N)cc2cnc(NC3CC[C@H](N=S)C3)cc12. The van der Waals surface area contributed by atoms with E-state index in [2.05, 4.69) is 25.7 Å². The summed E-state index contributed by atoms with van der Waals surface area (Å²) in [6.07, 6.45) is 4.71. The highest BCUT2D eigenvalue weighted by molar-refractivity contribution is 7.47. The third-order valence-corrected chi connectivity index (χ3v) is 4.35. The van der Waals surface area contributed by atoms with E-state index in [4.69, 9.17) is 22.4 Å². The first-order chi connectivity index (χ1) is 11.6. The number of anilines is 1. The summed E-state index contributed by atoms with van der Waals surface area (Å²) >= 11 is 4.80. The van der Waals surface area contributed by atoms with Gasteiger partial charge in [-0.25, -0.2) is 14.3 Å². The van der Waals surface area contributed by atoms with Crippen LogP contribution in [0.25, 0.3) is 10.8 Å². The summed E-state index contributed by atoms with van der Waals surface area (Å²) in [4.78, 5) is 8.75. The molecule has 2 atom stereocenters. The molecule has 2 aromatic heterocycles. The lowest BCUT2D eigenvalue weighted by molar-refractivity contribution is 0.236. The maximum atomic E-state index is 9.13. The number of pyridine rings is 2. The minimum atomic E-state index is -0.0246. The molecule has 2 aromatic rings. The topological polar surface area (TPSA) is 83.2 Å². The minimum Gasteiger partial charge on any atom is -0.474 e. The number of fused-ring (bicyclic) bond motifs is 1. The maximum Gasteiger partial charge on any atom is 0.223 e. The molecule has 0 bridgehead atoms. The van der Waals surface area contributed by atoms with Gasteiger partial charge in [0.25, 0.3) is 0 Å². The van der Waals surface area contributed by atoms with Crippen molar-refractivity contribution in [3.63, 3.8) is 0 Å². The second kappa shape index (κ2) is 7.05. The van der Waals surface area contributed by atoms with Crippen molar-refractivity contribution < 1.29 is 4.74 Å². The van der Waals surface area contributed by atoms with Crippen molar-refractivity contribution in [1.29, 1.82) is 5.26 Å². The van der Waals surface area contributed by atoms with E-state index in [1.807, 2.05) is 19.9 Å². The molecular weight excluding hydrogens is 322 g/mol. The van der Waals surface area contributed by atoms with Crippen LogP contribution in [0, 0.1) is 11.3 Å². The molecule has 1 fully saturated rings. The van der Waals surface area contributed by atoms with Crippen LogP contribution in [-0.2, 0) is 12.4 Å². The molecule has 2 heterocycles. The Morgan fingerprint density at radius 1 is 1.42 bits per heavy atom. The zero-order chi connectivity index (χ0) is 17.1. The maximum absolute atomic E-state index is 9.13. The van der Waals surface area contributed by atoms with Crippen molar-refractivity contribution in [3.8, 4) is 11.9 Å². The van der Waals surface area contributed by atoms with Crippen molar-refractivity contribution in [2.45, 2.75) is 51.3 Å². The van der Waals surface area contributed by atoms with Crippen molar-refractivity contribution in [2.24, 2.45) is 4.36 Å². The molecular formula is C17H19N5OS. The summed E-state index contributed by atoms with van der Waals surface area (Å²) < 4.78 is 9.74. The summed E-state index contributed by atoms with van der Waals surface area (Å²) in [6.45, 7) is 3.87. The van der Waals surface area contributed by atoms with E-state index >= 15 is 0 Å². The lowest BCUT2D eigenvalue weighted by Gasteiger charge is -2.15. The Kier molecular flexibility index (Phi) is 4.86. The normalized spacial score (nSPS) is 20.1. The Bertz CT molecular complexity index is 801. The molecule has 0 spiro atoms. The molecule has 0 saturated heterocycles. The van der Waals surface area contributed by atoms with Crippen LogP contribution in [0.4, 0.5) is 5.82 Å². The van der Waals surface area contributed by atoms with E-state index in [-0.39, 0.29) is 12.1 Å². The predicted molar refractivity (Wildman–Crippen MR) is 94.9 cm³/mol. The van der Waals surface area contributed by atoms with E-state index in [0.717, 1.165) is 35.9 Å². The van der Waals surface area contributed by atoms with Crippen molar-refractivity contribution in [3.05, 3.63) is 24.0 Å². The summed E-state index contributed by atoms with van der Waals surface area (Å²) in [6, 6.07) is 6.30. The van der Waals surface area contributed by atoms with Gasteiger partial charge < -0.3 is 10.1 Å². The Balaban J connectivity index is 1.91. The molecule has 0 radical (unpaired) electrons. The van der Waals surface area contributed by atoms with Crippen LogP contribution in [0.1, 0.15) is 38.8 Å². The van der Waals surface area contributed by atoms with Gasteiger partial charge in [-0.3, -0.25) is 0 Å². The molecule has 0 aliphatic heterocycles. The third-order valence-electron chi connectivity index (χ3n) is 4.05. The fraction of sp³-hybridized carbons (Fsp3) is 0.471. The number of hydrogen-bond donors (Lipinski definition) is 1. The molecule has 1 saturated carbocycles. The first-order valence-electron chi connectivity index (χ1n) is 8.05. The van der Waals surface area contributed by atoms with E-state index in [1.165, 1.54) is 0 Å². The number of nitrogens with zero attached hydrogens (tertiary/aromatic N) is 4. The fourth-order valence-corrected chi connectivity index (χ4v) is 3.15. The smallest absolute Gasteiger partial charge is 0.223 e. The zero-order valence-electron chi connectivity index (χ0n) is 13.7. The Labute approximate surface area is 146 Å². The highest BCUT2D eigenvalue weighted by Gasteiger charge is 2.24. The molecule has 6 nitrogen and oxygen atoms in total. The van der Waals surface area contributed by atoms with Crippen LogP contribution < -0.4 is 10.1 Å². The van der Waals surface area contributed by atoms with Gasteiger partial charge in [-0.15, -0.1) is 0 Å². The summed E-state index contributed by atoms with van der Waals surface area (Å²) in [5.74, 6) is 1.24. The van der Waals surface area contributed by atoms with Gasteiger partial charge in [0.2, 0.25) is 5.88 Å². The lowest BCUT2D eigenvalue weighted by atomic mass is 10.2. The largest absolute Gasteiger partial charge is 0.474 e. The summed E-state index contributed by atoms with van der Waals surface area (Å²) in [5.41, 5.74) is 0.325. The van der Waals surface area contributed by atoms with Gasteiger partial charge in [-0.2, -0.15) is 5.26 Å². The van der Waals surface area contributed by atoms with Crippen LogP contribution >= 0.6 is 0 Å². The average Bonchev–Trinajstić information content (AvgIpc) is 3.02. The highest BCUT2D eigenvalue weighted by Crippen LogP contribution is 2.29. The molecule has 124 valence electrons. The first-order valence-corrected chi connectivity index (χ1v) is 8.42. The van der Waals surface area contributed by atoms with E-state index in [9.17, 15) is 0 Å². The quantitative estimate of drug-likeness (QED) is 0.898. The number of nitriles is 1. The molecule has 1 aliphatic carbocycles. The number of ether oxygens (including phenoxy) is 1. The number of hydrogen-bond acceptors (Lipinski definition) is 7. The second-order valence-electron chi connectivity index (χ2n) is 6.30. The lowest BCUT2D eigenvalue weighted by Crippen LogP contribution is -2.17. The van der Waals surface area contributed by atoms with Gasteiger partial charge in [0.05, 0.1) is 12.1 Å². The number of aromatic nitrogens is 2. The van der Waals surface area contributed by atoms with Crippen molar-refractivity contribution in [1.82, 2.24) is 9.97 Å².